The molecule has 2 aromatic heterocycles. The summed E-state index contributed by atoms with van der Waals surface area (Å²) in [6.07, 6.45) is 8.38. The predicted octanol–water partition coefficient (Wildman–Crippen LogP) is 2.01. The summed E-state index contributed by atoms with van der Waals surface area (Å²) < 4.78 is 1.79. The summed E-state index contributed by atoms with van der Waals surface area (Å²) in [7, 11) is 0. The van der Waals surface area contributed by atoms with E-state index in [1.54, 1.807) is 16.9 Å². The van der Waals surface area contributed by atoms with Gasteiger partial charge in [0.05, 0.1) is 12.1 Å². The molecule has 1 aliphatic carbocycles. The minimum absolute atomic E-state index is 0.0412. The first-order chi connectivity index (χ1) is 8.72. The number of aromatic nitrogens is 3. The van der Waals surface area contributed by atoms with Crippen LogP contribution in [0, 0.1) is 0 Å². The van der Waals surface area contributed by atoms with Crippen molar-refractivity contribution in [1.82, 2.24) is 14.4 Å². The van der Waals surface area contributed by atoms with Crippen LogP contribution in [-0.2, 0) is 11.2 Å². The lowest BCUT2D eigenvalue weighted by molar-refractivity contribution is -0.136. The van der Waals surface area contributed by atoms with Crippen molar-refractivity contribution in [2.24, 2.45) is 0 Å². The van der Waals surface area contributed by atoms with Gasteiger partial charge in [-0.15, -0.1) is 0 Å². The molecule has 1 N–H and O–H groups in total. The van der Waals surface area contributed by atoms with E-state index in [4.69, 9.17) is 5.11 Å². The normalized spacial score (nSPS) is 16.4. The second-order valence-corrected chi connectivity index (χ2v) is 4.86. The molecule has 0 aromatic carbocycles. The van der Waals surface area contributed by atoms with E-state index in [1.165, 1.54) is 25.7 Å². The van der Waals surface area contributed by atoms with E-state index in [2.05, 4.69) is 9.97 Å². The predicted molar refractivity (Wildman–Crippen MR) is 65.5 cm³/mol. The molecule has 3 rings (SSSR count). The highest BCUT2D eigenvalue weighted by atomic mass is 16.4. The quantitative estimate of drug-likeness (QED) is 0.898. The second-order valence-electron chi connectivity index (χ2n) is 4.86. The lowest BCUT2D eigenvalue weighted by atomic mass is 10.0. The summed E-state index contributed by atoms with van der Waals surface area (Å²) >= 11 is 0. The number of carboxylic acids is 1. The van der Waals surface area contributed by atoms with Crippen LogP contribution in [0.1, 0.15) is 43.0 Å². The topological polar surface area (TPSA) is 67.5 Å². The van der Waals surface area contributed by atoms with Gasteiger partial charge in [0.2, 0.25) is 0 Å². The summed E-state index contributed by atoms with van der Waals surface area (Å²) in [4.78, 5) is 19.4. The average Bonchev–Trinajstić information content (AvgIpc) is 2.94. The van der Waals surface area contributed by atoms with Crippen LogP contribution in [0.2, 0.25) is 0 Å². The largest absolute Gasteiger partial charge is 0.481 e. The van der Waals surface area contributed by atoms with E-state index < -0.39 is 5.97 Å². The maximum atomic E-state index is 10.7. The number of carbonyl (C=O) groups is 1. The fraction of sp³-hybridized carbons (Fsp3) is 0.462. The molecular weight excluding hydrogens is 230 g/mol. The molecule has 1 aliphatic rings. The number of hydrogen-bond donors (Lipinski definition) is 1. The van der Waals surface area contributed by atoms with Crippen molar-refractivity contribution in [3.63, 3.8) is 0 Å². The smallest absolute Gasteiger partial charge is 0.309 e. The van der Waals surface area contributed by atoms with Crippen LogP contribution in [-0.4, -0.2) is 25.4 Å². The highest BCUT2D eigenvalue weighted by Gasteiger charge is 2.19. The van der Waals surface area contributed by atoms with E-state index in [1.807, 2.05) is 6.07 Å². The number of carboxylic acid groups (broad SMARTS) is 1. The van der Waals surface area contributed by atoms with E-state index >= 15 is 0 Å². The van der Waals surface area contributed by atoms with Crippen LogP contribution < -0.4 is 0 Å². The number of rotatable bonds is 3. The second kappa shape index (κ2) is 4.40. The Kier molecular flexibility index (Phi) is 2.74. The molecule has 0 atom stereocenters. The first kappa shape index (κ1) is 11.2. The van der Waals surface area contributed by atoms with Gasteiger partial charge in [-0.3, -0.25) is 9.20 Å². The van der Waals surface area contributed by atoms with Gasteiger partial charge >= 0.3 is 5.97 Å². The number of hydrogen-bond acceptors (Lipinski definition) is 3. The Hall–Kier alpha value is -1.91. The molecule has 5 nitrogen and oxygen atoms in total. The van der Waals surface area contributed by atoms with Crippen molar-refractivity contribution in [1.29, 1.82) is 0 Å². The summed E-state index contributed by atoms with van der Waals surface area (Å²) in [5.74, 6) is -0.308. The fourth-order valence-corrected chi connectivity index (χ4v) is 2.64. The first-order valence-corrected chi connectivity index (χ1v) is 6.28. The molecule has 2 aromatic rings. The third-order valence-electron chi connectivity index (χ3n) is 3.52. The molecule has 0 aliphatic heterocycles. The van der Waals surface area contributed by atoms with Crippen LogP contribution >= 0.6 is 0 Å². The molecule has 0 bridgehead atoms. The van der Waals surface area contributed by atoms with Crippen molar-refractivity contribution in [2.75, 3.05) is 0 Å². The van der Waals surface area contributed by atoms with Gasteiger partial charge < -0.3 is 5.11 Å². The molecule has 2 heterocycles. The molecule has 18 heavy (non-hydrogen) atoms. The zero-order valence-corrected chi connectivity index (χ0v) is 10.0. The van der Waals surface area contributed by atoms with Crippen LogP contribution in [0.4, 0.5) is 0 Å². The molecular formula is C13H15N3O2. The molecule has 1 saturated carbocycles. The van der Waals surface area contributed by atoms with Crippen LogP contribution in [0.25, 0.3) is 5.65 Å². The van der Waals surface area contributed by atoms with E-state index in [9.17, 15) is 4.79 Å². The number of aliphatic carboxylic acids is 1. The highest BCUT2D eigenvalue weighted by molar-refractivity contribution is 5.69. The molecule has 0 unspecified atom stereocenters. The van der Waals surface area contributed by atoms with Crippen molar-refractivity contribution >= 4 is 11.6 Å². The summed E-state index contributed by atoms with van der Waals surface area (Å²) in [6, 6.07) is 1.99. The Labute approximate surface area is 104 Å². The van der Waals surface area contributed by atoms with E-state index in [0.717, 1.165) is 11.3 Å². The third kappa shape index (κ3) is 2.08. The van der Waals surface area contributed by atoms with Crippen molar-refractivity contribution in [3.8, 4) is 0 Å². The minimum Gasteiger partial charge on any atom is -0.481 e. The lowest BCUT2D eigenvalue weighted by Gasteiger charge is -2.07. The monoisotopic (exact) mass is 245 g/mol. The van der Waals surface area contributed by atoms with Crippen molar-refractivity contribution in [3.05, 3.63) is 30.0 Å². The molecule has 0 saturated heterocycles. The van der Waals surface area contributed by atoms with Gasteiger partial charge in [-0.05, 0) is 12.8 Å². The summed E-state index contributed by atoms with van der Waals surface area (Å²) in [5.41, 5.74) is 2.46. The molecule has 0 amide bonds. The van der Waals surface area contributed by atoms with E-state index in [-0.39, 0.29) is 6.42 Å². The van der Waals surface area contributed by atoms with Crippen LogP contribution in [0.15, 0.2) is 18.6 Å². The van der Waals surface area contributed by atoms with Gasteiger partial charge in [0.25, 0.3) is 0 Å². The Morgan fingerprint density at radius 1 is 1.44 bits per heavy atom. The van der Waals surface area contributed by atoms with Crippen molar-refractivity contribution in [2.45, 2.75) is 38.0 Å². The Morgan fingerprint density at radius 3 is 2.94 bits per heavy atom. The number of fused-ring (bicyclic) bond motifs is 1. The fourth-order valence-electron chi connectivity index (χ4n) is 2.64. The highest BCUT2D eigenvalue weighted by Crippen LogP contribution is 2.33. The maximum Gasteiger partial charge on any atom is 0.309 e. The zero-order valence-electron chi connectivity index (χ0n) is 10.0. The van der Waals surface area contributed by atoms with Gasteiger partial charge in [0, 0.05) is 23.9 Å². The van der Waals surface area contributed by atoms with Gasteiger partial charge in [-0.2, -0.15) is 0 Å². The van der Waals surface area contributed by atoms with E-state index in [0.29, 0.717) is 11.6 Å². The molecule has 0 spiro atoms. The number of nitrogens with zero attached hydrogens (tertiary/aromatic N) is 3. The van der Waals surface area contributed by atoms with Gasteiger partial charge in [-0.1, -0.05) is 12.8 Å². The molecule has 94 valence electrons. The summed E-state index contributed by atoms with van der Waals surface area (Å²) in [5, 5.41) is 8.75. The van der Waals surface area contributed by atoms with Crippen molar-refractivity contribution < 1.29 is 9.90 Å². The minimum atomic E-state index is -0.859. The zero-order chi connectivity index (χ0) is 12.5. The molecule has 1 fully saturated rings. The third-order valence-corrected chi connectivity index (χ3v) is 3.52. The Balaban J connectivity index is 1.93. The van der Waals surface area contributed by atoms with Gasteiger partial charge in [0.1, 0.15) is 12.0 Å². The average molecular weight is 245 g/mol. The lowest BCUT2D eigenvalue weighted by Crippen LogP contribution is -1.99. The maximum absolute atomic E-state index is 10.7. The molecule has 5 heteroatoms. The standard InChI is InChI=1S/C13H15N3O2/c17-13(18)5-10-7-16-8-14-11(6-12(16)15-10)9-3-1-2-4-9/h6-9H,1-5H2,(H,17,18). The SMILES string of the molecule is O=C(O)Cc1cn2cnc(C3CCCC3)cc2n1. The Bertz CT molecular complexity index is 585. The number of imidazole rings is 1. The van der Waals surface area contributed by atoms with Crippen LogP contribution in [0.5, 0.6) is 0 Å². The van der Waals surface area contributed by atoms with Crippen LogP contribution in [0.3, 0.4) is 0 Å². The first-order valence-electron chi connectivity index (χ1n) is 6.28. The van der Waals surface area contributed by atoms with Gasteiger partial charge in [0.15, 0.2) is 0 Å². The summed E-state index contributed by atoms with van der Waals surface area (Å²) in [6.45, 7) is 0. The molecule has 0 radical (unpaired) electrons. The van der Waals surface area contributed by atoms with Gasteiger partial charge in [-0.25, -0.2) is 9.97 Å². The Morgan fingerprint density at radius 2 is 2.22 bits per heavy atom.